The van der Waals surface area contributed by atoms with Gasteiger partial charge in [-0.1, -0.05) is 23.2 Å². The van der Waals surface area contributed by atoms with Crippen LogP contribution in [0.25, 0.3) is 0 Å². The molecule has 0 aromatic heterocycles. The van der Waals surface area contributed by atoms with Gasteiger partial charge in [-0.05, 0) is 55.3 Å². The minimum atomic E-state index is -4.61. The summed E-state index contributed by atoms with van der Waals surface area (Å²) in [7, 11) is -4.13. The maximum atomic E-state index is 12.8. The quantitative estimate of drug-likeness (QED) is 0.750. The normalized spacial score (nSPS) is 12.3. The fourth-order valence-corrected chi connectivity index (χ4v) is 3.85. The third-order valence-electron chi connectivity index (χ3n) is 3.28. The molecule has 0 radical (unpaired) electrons. The highest BCUT2D eigenvalue weighted by Crippen LogP contribution is 2.35. The lowest BCUT2D eigenvalue weighted by Crippen LogP contribution is -2.16. The smallest absolute Gasteiger partial charge is 0.278 e. The van der Waals surface area contributed by atoms with Gasteiger partial charge < -0.3 is 0 Å². The number of anilines is 1. The average Bonchev–Trinajstić information content (AvgIpc) is 2.43. The summed E-state index contributed by atoms with van der Waals surface area (Å²) in [5.41, 5.74) is -0.467. The summed E-state index contributed by atoms with van der Waals surface area (Å²) in [6, 6.07) is 5.23. The molecule has 0 spiro atoms. The van der Waals surface area contributed by atoms with Gasteiger partial charge in [0, 0.05) is 5.02 Å². The summed E-state index contributed by atoms with van der Waals surface area (Å²) >= 11 is 11.8. The zero-order valence-corrected chi connectivity index (χ0v) is 14.8. The van der Waals surface area contributed by atoms with E-state index in [1.54, 1.807) is 6.92 Å². The van der Waals surface area contributed by atoms with Crippen LogP contribution in [0.3, 0.4) is 0 Å². The number of nitrogens with one attached hydrogen (secondary N) is 1. The van der Waals surface area contributed by atoms with E-state index in [1.807, 2.05) is 0 Å². The van der Waals surface area contributed by atoms with E-state index in [0.29, 0.717) is 22.2 Å². The molecule has 2 aromatic carbocycles. The highest BCUT2D eigenvalue weighted by Gasteiger charge is 2.31. The summed E-state index contributed by atoms with van der Waals surface area (Å²) < 4.78 is 65.5. The van der Waals surface area contributed by atoms with Crippen molar-refractivity contribution in [3.63, 3.8) is 0 Å². The van der Waals surface area contributed by atoms with E-state index >= 15 is 0 Å². The molecule has 0 saturated carbocycles. The highest BCUT2D eigenvalue weighted by molar-refractivity contribution is 7.92. The Morgan fingerprint density at radius 2 is 1.58 bits per heavy atom. The number of hydrogen-bond donors (Lipinski definition) is 1. The van der Waals surface area contributed by atoms with E-state index in [0.717, 1.165) is 12.1 Å². The molecule has 24 heavy (non-hydrogen) atoms. The Labute approximate surface area is 147 Å². The lowest BCUT2D eigenvalue weighted by molar-refractivity contribution is -0.137. The first-order chi connectivity index (χ1) is 10.9. The van der Waals surface area contributed by atoms with Crippen molar-refractivity contribution in [2.45, 2.75) is 24.9 Å². The van der Waals surface area contributed by atoms with Gasteiger partial charge in [0.15, 0.2) is 0 Å². The zero-order valence-electron chi connectivity index (χ0n) is 12.5. The molecule has 0 saturated heterocycles. The number of sulfonamides is 1. The van der Waals surface area contributed by atoms with Gasteiger partial charge in [0.05, 0.1) is 21.2 Å². The number of benzene rings is 2. The van der Waals surface area contributed by atoms with Gasteiger partial charge in [-0.15, -0.1) is 0 Å². The molecule has 0 unspecified atom stereocenters. The molecular weight excluding hydrogens is 386 g/mol. The first-order valence-electron chi connectivity index (χ1n) is 6.58. The molecule has 0 aliphatic rings. The summed E-state index contributed by atoms with van der Waals surface area (Å²) in [5.74, 6) is 0. The van der Waals surface area contributed by atoms with Crippen LogP contribution in [-0.2, 0) is 16.2 Å². The number of alkyl halides is 3. The molecule has 9 heteroatoms. The van der Waals surface area contributed by atoms with Gasteiger partial charge in [-0.3, -0.25) is 4.72 Å². The predicted molar refractivity (Wildman–Crippen MR) is 88.2 cm³/mol. The molecule has 0 atom stereocenters. The molecule has 2 rings (SSSR count). The van der Waals surface area contributed by atoms with E-state index in [1.165, 1.54) is 19.1 Å². The van der Waals surface area contributed by atoms with Gasteiger partial charge in [0.1, 0.15) is 0 Å². The van der Waals surface area contributed by atoms with Crippen LogP contribution < -0.4 is 4.72 Å². The average molecular weight is 398 g/mol. The Kier molecular flexibility index (Phi) is 5.09. The van der Waals surface area contributed by atoms with Crippen molar-refractivity contribution in [1.29, 1.82) is 0 Å². The summed E-state index contributed by atoms with van der Waals surface area (Å²) in [6.45, 7) is 3.16. The van der Waals surface area contributed by atoms with Crippen LogP contribution in [-0.4, -0.2) is 8.42 Å². The maximum absolute atomic E-state index is 12.8. The van der Waals surface area contributed by atoms with E-state index in [2.05, 4.69) is 4.72 Å². The fraction of sp³-hybridized carbons (Fsp3) is 0.200. The third kappa shape index (κ3) is 3.96. The standard InChI is InChI=1S/C15H12Cl2F3NO2S/c1-8-6-14(9(2)5-12(8)17)24(22,23)21-13-7-10(15(18,19)20)3-4-11(13)16/h3-7,21H,1-2H3. The molecule has 0 heterocycles. The van der Waals surface area contributed by atoms with Crippen LogP contribution in [0.15, 0.2) is 35.2 Å². The van der Waals surface area contributed by atoms with Gasteiger partial charge in [0.2, 0.25) is 0 Å². The maximum Gasteiger partial charge on any atom is 0.416 e. The van der Waals surface area contributed by atoms with Crippen LogP contribution in [0.2, 0.25) is 10.0 Å². The molecular formula is C15H12Cl2F3NO2S. The van der Waals surface area contributed by atoms with Crippen molar-refractivity contribution in [3.05, 3.63) is 57.1 Å². The van der Waals surface area contributed by atoms with Crippen molar-refractivity contribution in [2.75, 3.05) is 4.72 Å². The molecule has 0 amide bonds. The topological polar surface area (TPSA) is 46.2 Å². The molecule has 0 aliphatic carbocycles. The Morgan fingerprint density at radius 1 is 0.958 bits per heavy atom. The van der Waals surface area contributed by atoms with E-state index in [4.69, 9.17) is 23.2 Å². The molecule has 3 nitrogen and oxygen atoms in total. The minimum absolute atomic E-state index is 0.0853. The molecule has 0 aliphatic heterocycles. The molecule has 1 N–H and O–H groups in total. The van der Waals surface area contributed by atoms with Crippen LogP contribution in [0.5, 0.6) is 0 Å². The van der Waals surface area contributed by atoms with Crippen molar-refractivity contribution in [2.24, 2.45) is 0 Å². The number of hydrogen-bond acceptors (Lipinski definition) is 2. The van der Waals surface area contributed by atoms with Crippen molar-refractivity contribution in [1.82, 2.24) is 0 Å². The highest BCUT2D eigenvalue weighted by atomic mass is 35.5. The van der Waals surface area contributed by atoms with Crippen LogP contribution >= 0.6 is 23.2 Å². The molecule has 0 fully saturated rings. The second-order valence-electron chi connectivity index (χ2n) is 5.16. The van der Waals surface area contributed by atoms with E-state index in [-0.39, 0.29) is 15.6 Å². The SMILES string of the molecule is Cc1cc(S(=O)(=O)Nc2cc(C(F)(F)F)ccc2Cl)c(C)cc1Cl. The Morgan fingerprint density at radius 3 is 2.17 bits per heavy atom. The monoisotopic (exact) mass is 397 g/mol. The lowest BCUT2D eigenvalue weighted by Gasteiger charge is -2.15. The van der Waals surface area contributed by atoms with Crippen LogP contribution in [0.4, 0.5) is 18.9 Å². The second-order valence-corrected chi connectivity index (χ2v) is 7.63. The first kappa shape index (κ1) is 18.9. The number of halogens is 5. The summed E-state index contributed by atoms with van der Waals surface area (Å²) in [5, 5.41) is 0.249. The predicted octanol–water partition coefficient (Wildman–Crippen LogP) is 5.43. The Balaban J connectivity index is 2.49. The van der Waals surface area contributed by atoms with Gasteiger partial charge in [-0.2, -0.15) is 13.2 Å². The van der Waals surface area contributed by atoms with Crippen molar-refractivity contribution < 1.29 is 21.6 Å². The lowest BCUT2D eigenvalue weighted by atomic mass is 10.2. The van der Waals surface area contributed by atoms with Gasteiger partial charge >= 0.3 is 6.18 Å². The second kappa shape index (κ2) is 6.46. The van der Waals surface area contributed by atoms with E-state index in [9.17, 15) is 21.6 Å². The summed E-state index contributed by atoms with van der Waals surface area (Å²) in [6.07, 6.45) is -4.61. The molecule has 0 bridgehead atoms. The van der Waals surface area contributed by atoms with Gasteiger partial charge in [0.25, 0.3) is 10.0 Å². The molecule has 2 aromatic rings. The zero-order chi connectivity index (χ0) is 18.3. The largest absolute Gasteiger partial charge is 0.416 e. The van der Waals surface area contributed by atoms with Crippen LogP contribution in [0, 0.1) is 13.8 Å². The fourth-order valence-electron chi connectivity index (χ4n) is 2.02. The minimum Gasteiger partial charge on any atom is -0.278 e. The molecule has 130 valence electrons. The van der Waals surface area contributed by atoms with Crippen LogP contribution in [0.1, 0.15) is 16.7 Å². The van der Waals surface area contributed by atoms with Crippen molar-refractivity contribution in [3.8, 4) is 0 Å². The third-order valence-corrected chi connectivity index (χ3v) is 5.53. The first-order valence-corrected chi connectivity index (χ1v) is 8.82. The Bertz CT molecular complexity index is 896. The Hall–Kier alpha value is -1.44. The number of rotatable bonds is 3. The van der Waals surface area contributed by atoms with Gasteiger partial charge in [-0.25, -0.2) is 8.42 Å². The van der Waals surface area contributed by atoms with E-state index < -0.39 is 21.8 Å². The summed E-state index contributed by atoms with van der Waals surface area (Å²) in [4.78, 5) is -0.0853. The van der Waals surface area contributed by atoms with Crippen molar-refractivity contribution >= 4 is 38.9 Å². The number of aryl methyl sites for hydroxylation is 2.